The van der Waals surface area contributed by atoms with Crippen LogP contribution in [0.15, 0.2) is 315 Å². The van der Waals surface area contributed by atoms with Crippen molar-refractivity contribution < 1.29 is 13.2 Å². The first-order chi connectivity index (χ1) is 53.7. The minimum atomic E-state index is -4.45. The Balaban J connectivity index is 0.568. The van der Waals surface area contributed by atoms with Gasteiger partial charge in [0.1, 0.15) is 0 Å². The maximum absolute atomic E-state index is 14.8. The predicted molar refractivity (Wildman–Crippen MR) is 436 cm³/mol. The van der Waals surface area contributed by atoms with E-state index in [1.165, 1.54) is 205 Å². The van der Waals surface area contributed by atoms with Gasteiger partial charge in [0, 0.05) is 56.9 Å². The van der Waals surface area contributed by atoms with Crippen molar-refractivity contribution in [1.29, 1.82) is 0 Å². The number of hydrogen-bond acceptors (Lipinski definition) is 0. The summed E-state index contributed by atoms with van der Waals surface area (Å²) in [6.45, 7) is 1.56. The molecule has 109 heavy (non-hydrogen) atoms. The highest BCUT2D eigenvalue weighted by Gasteiger charge is 2.55. The molecule has 6 aliphatic carbocycles. The van der Waals surface area contributed by atoms with Crippen molar-refractivity contribution in [1.82, 2.24) is 9.13 Å². The molecule has 16 aromatic carbocycles. The zero-order valence-electron chi connectivity index (χ0n) is 59.0. The molecule has 18 aromatic rings. The fourth-order valence-electron chi connectivity index (χ4n) is 22.9. The molecule has 3 unspecified atom stereocenters. The molecule has 0 amide bonds. The van der Waals surface area contributed by atoms with Crippen LogP contribution in [0.5, 0.6) is 0 Å². The van der Waals surface area contributed by atoms with Crippen LogP contribution in [0.4, 0.5) is 13.2 Å². The van der Waals surface area contributed by atoms with Crippen LogP contribution >= 0.6 is 0 Å². The summed E-state index contributed by atoms with van der Waals surface area (Å²) in [5.74, 6) is 0.0612. The van der Waals surface area contributed by atoms with Crippen molar-refractivity contribution >= 4 is 43.6 Å². The summed E-state index contributed by atoms with van der Waals surface area (Å²) < 4.78 is 49.6. The van der Waals surface area contributed by atoms with E-state index >= 15 is 0 Å². The molecule has 0 fully saturated rings. The molecular formula is C104H61F3N2. The Morgan fingerprint density at radius 3 is 1.23 bits per heavy atom. The van der Waals surface area contributed by atoms with E-state index in [2.05, 4.69) is 294 Å². The van der Waals surface area contributed by atoms with E-state index in [-0.39, 0.29) is 5.92 Å². The number of rotatable bonds is 3. The normalized spacial score (nSPS) is 17.3. The van der Waals surface area contributed by atoms with E-state index in [1.54, 1.807) is 6.07 Å². The lowest BCUT2D eigenvalue weighted by Crippen LogP contribution is -2.26. The van der Waals surface area contributed by atoms with Gasteiger partial charge in [0.15, 0.2) is 0 Å². The number of hydrogen-bond donors (Lipinski definition) is 0. The van der Waals surface area contributed by atoms with E-state index < -0.39 is 22.6 Å². The largest absolute Gasteiger partial charge is 0.417 e. The summed E-state index contributed by atoms with van der Waals surface area (Å²) in [7, 11) is 0. The van der Waals surface area contributed by atoms with Crippen molar-refractivity contribution in [2.24, 2.45) is 0 Å². The van der Waals surface area contributed by atoms with Gasteiger partial charge >= 0.3 is 6.18 Å². The van der Waals surface area contributed by atoms with Crippen LogP contribution < -0.4 is 0 Å². The van der Waals surface area contributed by atoms with Crippen molar-refractivity contribution in [3.05, 3.63) is 393 Å². The molecule has 8 aliphatic rings. The molecule has 0 N–H and O–H groups in total. The fourth-order valence-corrected chi connectivity index (χ4v) is 22.9. The second-order valence-electron chi connectivity index (χ2n) is 31.7. The molecular weight excluding hydrogens is 1330 g/mol. The number of fused-ring (bicyclic) bond motifs is 36. The molecule has 3 atom stereocenters. The van der Waals surface area contributed by atoms with Gasteiger partial charge in [0.05, 0.1) is 38.5 Å². The third kappa shape index (κ3) is 7.26. The van der Waals surface area contributed by atoms with E-state index in [0.717, 1.165) is 52.9 Å². The Labute approximate surface area is 626 Å². The van der Waals surface area contributed by atoms with E-state index in [9.17, 15) is 13.2 Å². The molecule has 0 saturated heterocycles. The van der Waals surface area contributed by atoms with Crippen molar-refractivity contribution in [3.63, 3.8) is 0 Å². The zero-order valence-corrected chi connectivity index (χ0v) is 59.0. The highest BCUT2D eigenvalue weighted by molar-refractivity contribution is 6.22. The summed E-state index contributed by atoms with van der Waals surface area (Å²) in [5.41, 5.74) is 45.6. The average molecular weight is 1400 g/mol. The molecule has 0 bridgehead atoms. The van der Waals surface area contributed by atoms with Gasteiger partial charge in [-0.25, -0.2) is 0 Å². The molecule has 2 aliphatic heterocycles. The smallest absolute Gasteiger partial charge is 0.335 e. The van der Waals surface area contributed by atoms with Crippen LogP contribution in [-0.4, -0.2) is 9.13 Å². The minimum Gasteiger partial charge on any atom is -0.335 e. The molecule has 2 spiro atoms. The Bertz CT molecular complexity index is 7280. The Hall–Kier alpha value is -13.1. The van der Waals surface area contributed by atoms with Gasteiger partial charge in [-0.3, -0.25) is 0 Å². The van der Waals surface area contributed by atoms with Crippen LogP contribution in [0.2, 0.25) is 0 Å². The summed E-state index contributed by atoms with van der Waals surface area (Å²) in [6, 6.07) is 118. The third-order valence-corrected chi connectivity index (χ3v) is 27.0. The van der Waals surface area contributed by atoms with Crippen LogP contribution in [0.3, 0.4) is 0 Å². The Kier molecular flexibility index (Phi) is 11.1. The highest BCUT2D eigenvalue weighted by atomic mass is 19.4. The molecule has 2 nitrogen and oxygen atoms in total. The predicted octanol–water partition coefficient (Wildman–Crippen LogP) is 26.2. The number of halogens is 3. The lowest BCUT2D eigenvalue weighted by atomic mass is 9.66. The molecule has 5 heteroatoms. The molecule has 0 saturated carbocycles. The first-order valence-corrected chi connectivity index (χ1v) is 38.3. The quantitative estimate of drug-likeness (QED) is 0.167. The topological polar surface area (TPSA) is 9.86 Å². The van der Waals surface area contributed by atoms with Crippen LogP contribution in [0.25, 0.3) is 166 Å². The maximum atomic E-state index is 14.8. The number of aromatic nitrogens is 2. The van der Waals surface area contributed by atoms with Crippen molar-refractivity contribution in [2.45, 2.75) is 48.9 Å². The fraction of sp³-hybridized carbons (Fsp3) is 0.0769. The lowest BCUT2D eigenvalue weighted by Gasteiger charge is -2.37. The number of alkyl halides is 3. The molecule has 26 rings (SSSR count). The van der Waals surface area contributed by atoms with Crippen LogP contribution in [0, 0.1) is 0 Å². The monoisotopic (exact) mass is 1390 g/mol. The van der Waals surface area contributed by atoms with Gasteiger partial charge in [-0.15, -0.1) is 0 Å². The number of benzene rings is 16. The third-order valence-electron chi connectivity index (χ3n) is 27.0. The second-order valence-corrected chi connectivity index (χ2v) is 31.7. The summed E-state index contributed by atoms with van der Waals surface area (Å²) in [4.78, 5) is 0. The Morgan fingerprint density at radius 2 is 0.651 bits per heavy atom. The first-order valence-electron chi connectivity index (χ1n) is 38.3. The van der Waals surface area contributed by atoms with Gasteiger partial charge in [-0.2, -0.15) is 13.2 Å². The first kappa shape index (κ1) is 59.1. The van der Waals surface area contributed by atoms with Crippen LogP contribution in [-0.2, 0) is 42.9 Å². The van der Waals surface area contributed by atoms with E-state index in [4.69, 9.17) is 0 Å². The summed E-state index contributed by atoms with van der Waals surface area (Å²) in [5, 5.41) is 5.19. The van der Waals surface area contributed by atoms with Crippen LogP contribution in [0.1, 0.15) is 83.8 Å². The molecule has 2 aromatic heterocycles. The summed E-state index contributed by atoms with van der Waals surface area (Å²) in [6.07, 6.45) is -3.13. The number of para-hydroxylation sites is 2. The van der Waals surface area contributed by atoms with Crippen molar-refractivity contribution in [2.75, 3.05) is 0 Å². The zero-order chi connectivity index (χ0) is 71.2. The average Bonchev–Trinajstić information content (AvgIpc) is 1.49. The van der Waals surface area contributed by atoms with Gasteiger partial charge in [0.2, 0.25) is 0 Å². The second kappa shape index (κ2) is 20.5. The van der Waals surface area contributed by atoms with Gasteiger partial charge in [-0.1, -0.05) is 285 Å². The summed E-state index contributed by atoms with van der Waals surface area (Å²) >= 11 is 0. The molecule has 0 radical (unpaired) electrons. The molecule has 4 heterocycles. The van der Waals surface area contributed by atoms with Gasteiger partial charge < -0.3 is 9.13 Å². The lowest BCUT2D eigenvalue weighted by molar-refractivity contribution is -0.137. The highest BCUT2D eigenvalue weighted by Crippen LogP contribution is 2.68. The number of nitrogens with zero attached hydrogens (tertiary/aromatic N) is 2. The van der Waals surface area contributed by atoms with Gasteiger partial charge in [-0.05, 0) is 222 Å². The van der Waals surface area contributed by atoms with Crippen molar-refractivity contribution in [3.8, 4) is 122 Å². The molecule has 508 valence electrons. The van der Waals surface area contributed by atoms with E-state index in [0.29, 0.717) is 12.0 Å². The Morgan fingerprint density at radius 1 is 0.248 bits per heavy atom. The minimum absolute atomic E-state index is 0.0612. The van der Waals surface area contributed by atoms with Gasteiger partial charge in [0.25, 0.3) is 0 Å². The SMILES string of the molecule is FC(F)(F)c1cccc2c1-c1cccc3c1C(Cc1cc4c(cc1-3)-c1ccccc1C41c3ccccc3-c3cc(-c4ccc(-c5ccc6c(c5)-c5cccc7c8ccc9c(c8n(c57)C6)-c5ccccc5C95c6ccccc6-c6c5ccc5c7cccc8c7n(c65)Cc5ccc(-c6ccccc6)cc5-8)cc4)ccc31)C2. The standard InChI is InChI=1S/C104H61F3N2/c105-104(106,107)92-33-12-18-63-48-67-49-66-53-93-84(54-82(66)70-23-13-28-79(94(67)70)95(63)92)69-20-5-9-30-86(69)102(93)85-29-8-4-19-68(85)83-52-62(42-45-89(83)102)59-36-34-58(35-37-59)61-39-41-65-56-109-99-72(25-15-27-74(99)81(65)51-61)76-44-47-91-97(101(76)109)78-22-7-11-32-88(78)103(91)87-31-10-6-21-77(87)96-90(103)46-43-75-71-24-14-26-73-80-50-60(57-16-2-1-3-17-57)38-40-64(80)55-108(98(71)73)100(75)96/h1-47,50-54,67H,48-49,55-56H2. The van der Waals surface area contributed by atoms with E-state index in [1.807, 2.05) is 18.2 Å². The maximum Gasteiger partial charge on any atom is 0.417 e.